The highest BCUT2D eigenvalue weighted by molar-refractivity contribution is 9.10. The number of pyridine rings is 1. The maximum atomic E-state index is 12.2. The minimum absolute atomic E-state index is 0.179. The van der Waals surface area contributed by atoms with Gasteiger partial charge in [0.15, 0.2) is 0 Å². The van der Waals surface area contributed by atoms with Crippen LogP contribution in [0.15, 0.2) is 53.3 Å². The van der Waals surface area contributed by atoms with Crippen LogP contribution in [-0.2, 0) is 4.79 Å². The van der Waals surface area contributed by atoms with Crippen molar-refractivity contribution in [3.63, 3.8) is 0 Å². The minimum Gasteiger partial charge on any atom is -0.481 e. The fourth-order valence-corrected chi connectivity index (χ4v) is 2.26. The molecule has 0 spiro atoms. The van der Waals surface area contributed by atoms with E-state index in [1.807, 2.05) is 6.07 Å². The Kier molecular flexibility index (Phi) is 5.05. The number of benzene rings is 1. The number of halogens is 1. The summed E-state index contributed by atoms with van der Waals surface area (Å²) in [5.74, 6) is -1.31. The highest BCUT2D eigenvalue weighted by Gasteiger charge is 2.18. The average molecular weight is 349 g/mol. The molecule has 0 aliphatic carbocycles. The molecule has 21 heavy (non-hydrogen) atoms. The number of nitrogens with zero attached hydrogens (tertiary/aromatic N) is 1. The molecule has 1 atom stereocenters. The molecule has 1 unspecified atom stereocenters. The van der Waals surface area contributed by atoms with Crippen molar-refractivity contribution in [2.45, 2.75) is 12.5 Å². The van der Waals surface area contributed by atoms with Crippen molar-refractivity contribution in [1.29, 1.82) is 0 Å². The summed E-state index contributed by atoms with van der Waals surface area (Å²) in [5, 5.41) is 11.7. The number of aliphatic carboxylic acids is 1. The minimum atomic E-state index is -0.972. The van der Waals surface area contributed by atoms with Crippen LogP contribution >= 0.6 is 15.9 Å². The molecule has 2 N–H and O–H groups in total. The van der Waals surface area contributed by atoms with Gasteiger partial charge in [-0.15, -0.1) is 0 Å². The molecule has 0 aliphatic rings. The zero-order chi connectivity index (χ0) is 15.2. The highest BCUT2D eigenvalue weighted by atomic mass is 79.9. The van der Waals surface area contributed by atoms with Gasteiger partial charge < -0.3 is 10.4 Å². The van der Waals surface area contributed by atoms with Gasteiger partial charge >= 0.3 is 5.97 Å². The van der Waals surface area contributed by atoms with Crippen molar-refractivity contribution in [3.8, 4) is 0 Å². The molecule has 5 nitrogen and oxygen atoms in total. The summed E-state index contributed by atoms with van der Waals surface area (Å²) in [6, 6.07) is 11.6. The molecular formula is C15H13BrN2O3. The van der Waals surface area contributed by atoms with Gasteiger partial charge in [-0.3, -0.25) is 9.59 Å². The molecule has 0 radical (unpaired) electrons. The lowest BCUT2D eigenvalue weighted by atomic mass is 10.0. The lowest BCUT2D eigenvalue weighted by molar-refractivity contribution is -0.137. The Morgan fingerprint density at radius 1 is 1.24 bits per heavy atom. The Morgan fingerprint density at radius 3 is 2.57 bits per heavy atom. The Bertz CT molecular complexity index is 646. The van der Waals surface area contributed by atoms with E-state index in [1.165, 1.54) is 6.20 Å². The fourth-order valence-electron chi connectivity index (χ4n) is 1.90. The molecule has 0 saturated carbocycles. The van der Waals surface area contributed by atoms with Crippen LogP contribution in [0.4, 0.5) is 0 Å². The zero-order valence-corrected chi connectivity index (χ0v) is 12.6. The van der Waals surface area contributed by atoms with Crippen LogP contribution in [0.2, 0.25) is 0 Å². The number of amides is 1. The van der Waals surface area contributed by atoms with Gasteiger partial charge in [0.2, 0.25) is 0 Å². The smallest absolute Gasteiger partial charge is 0.305 e. The third-order valence-electron chi connectivity index (χ3n) is 2.87. The Labute approximate surface area is 130 Å². The number of carbonyl (C=O) groups is 2. The maximum Gasteiger partial charge on any atom is 0.305 e. The van der Waals surface area contributed by atoms with E-state index in [9.17, 15) is 9.59 Å². The highest BCUT2D eigenvalue weighted by Crippen LogP contribution is 2.18. The van der Waals surface area contributed by atoms with E-state index < -0.39 is 12.0 Å². The first-order valence-electron chi connectivity index (χ1n) is 6.25. The van der Waals surface area contributed by atoms with Crippen LogP contribution in [-0.4, -0.2) is 22.0 Å². The van der Waals surface area contributed by atoms with Gasteiger partial charge in [-0.1, -0.05) is 30.3 Å². The third kappa shape index (κ3) is 4.39. The second kappa shape index (κ2) is 6.99. The van der Waals surface area contributed by atoms with Gasteiger partial charge in [0.25, 0.3) is 5.91 Å². The summed E-state index contributed by atoms with van der Waals surface area (Å²) in [6.07, 6.45) is 1.33. The van der Waals surface area contributed by atoms with E-state index in [0.717, 1.165) is 5.56 Å². The summed E-state index contributed by atoms with van der Waals surface area (Å²) in [7, 11) is 0. The summed E-state index contributed by atoms with van der Waals surface area (Å²) in [5.41, 5.74) is 1.17. The normalized spacial score (nSPS) is 11.7. The van der Waals surface area contributed by atoms with Gasteiger partial charge in [-0.2, -0.15) is 0 Å². The largest absolute Gasteiger partial charge is 0.481 e. The van der Waals surface area contributed by atoms with Crippen LogP contribution in [0, 0.1) is 0 Å². The summed E-state index contributed by atoms with van der Waals surface area (Å²) in [4.78, 5) is 27.1. The quantitative estimate of drug-likeness (QED) is 0.814. The van der Waals surface area contributed by atoms with E-state index >= 15 is 0 Å². The van der Waals surface area contributed by atoms with E-state index in [4.69, 9.17) is 5.11 Å². The Balaban J connectivity index is 2.19. The van der Waals surface area contributed by atoms with Crippen molar-refractivity contribution < 1.29 is 14.7 Å². The van der Waals surface area contributed by atoms with E-state index in [1.54, 1.807) is 36.4 Å². The molecule has 108 valence electrons. The third-order valence-corrected chi connectivity index (χ3v) is 3.31. The van der Waals surface area contributed by atoms with E-state index in [0.29, 0.717) is 10.2 Å². The molecule has 0 fully saturated rings. The molecule has 2 aromatic rings. The number of rotatable bonds is 5. The van der Waals surface area contributed by atoms with Crippen molar-refractivity contribution in [3.05, 3.63) is 64.4 Å². The lowest BCUT2D eigenvalue weighted by Crippen LogP contribution is -2.30. The van der Waals surface area contributed by atoms with Crippen molar-refractivity contribution in [1.82, 2.24) is 10.3 Å². The number of carboxylic acids is 1. The average Bonchev–Trinajstić information content (AvgIpc) is 2.47. The summed E-state index contributed by atoms with van der Waals surface area (Å²) in [6.45, 7) is 0. The van der Waals surface area contributed by atoms with Crippen LogP contribution in [0.25, 0.3) is 0 Å². The SMILES string of the molecule is O=C(O)CC(NC(=O)c1ccnc(Br)c1)c1ccccc1. The molecule has 1 aromatic carbocycles. The molecule has 1 heterocycles. The maximum absolute atomic E-state index is 12.2. The molecular weight excluding hydrogens is 336 g/mol. The first kappa shape index (κ1) is 15.2. The van der Waals surface area contributed by atoms with Crippen LogP contribution in [0.1, 0.15) is 28.4 Å². The summed E-state index contributed by atoms with van der Waals surface area (Å²) >= 11 is 3.20. The van der Waals surface area contributed by atoms with Gasteiger partial charge in [0.05, 0.1) is 12.5 Å². The van der Waals surface area contributed by atoms with Crippen molar-refractivity contribution >= 4 is 27.8 Å². The second-order valence-corrected chi connectivity index (χ2v) is 5.21. The van der Waals surface area contributed by atoms with Gasteiger partial charge in [0, 0.05) is 11.8 Å². The monoisotopic (exact) mass is 348 g/mol. The number of hydrogen-bond donors (Lipinski definition) is 2. The molecule has 0 saturated heterocycles. The second-order valence-electron chi connectivity index (χ2n) is 4.40. The Hall–Kier alpha value is -2.21. The molecule has 1 aromatic heterocycles. The number of nitrogens with one attached hydrogen (secondary N) is 1. The van der Waals surface area contributed by atoms with Crippen molar-refractivity contribution in [2.24, 2.45) is 0 Å². The molecule has 6 heteroatoms. The van der Waals surface area contributed by atoms with Crippen LogP contribution in [0.5, 0.6) is 0 Å². The van der Waals surface area contributed by atoms with Gasteiger partial charge in [-0.05, 0) is 33.6 Å². The topological polar surface area (TPSA) is 79.3 Å². The Morgan fingerprint density at radius 2 is 1.95 bits per heavy atom. The number of aromatic nitrogens is 1. The fraction of sp³-hybridized carbons (Fsp3) is 0.133. The molecule has 2 rings (SSSR count). The lowest BCUT2D eigenvalue weighted by Gasteiger charge is -2.17. The van der Waals surface area contributed by atoms with Crippen LogP contribution < -0.4 is 5.32 Å². The molecule has 1 amide bonds. The molecule has 0 aliphatic heterocycles. The first-order chi connectivity index (χ1) is 10.1. The number of carbonyl (C=O) groups excluding carboxylic acids is 1. The van der Waals surface area contributed by atoms with E-state index in [2.05, 4.69) is 26.2 Å². The molecule has 0 bridgehead atoms. The standard InChI is InChI=1S/C15H13BrN2O3/c16-13-8-11(6-7-17-13)15(21)18-12(9-14(19)20)10-4-2-1-3-5-10/h1-8,12H,9H2,(H,18,21)(H,19,20). The van der Waals surface area contributed by atoms with Crippen molar-refractivity contribution in [2.75, 3.05) is 0 Å². The summed E-state index contributed by atoms with van der Waals surface area (Å²) < 4.78 is 0.546. The predicted octanol–water partition coefficient (Wildman–Crippen LogP) is 2.79. The van der Waals surface area contributed by atoms with Crippen LogP contribution in [0.3, 0.4) is 0 Å². The van der Waals surface area contributed by atoms with Gasteiger partial charge in [-0.25, -0.2) is 4.98 Å². The number of carboxylic acid groups (broad SMARTS) is 1. The first-order valence-corrected chi connectivity index (χ1v) is 7.04. The van der Waals surface area contributed by atoms with Gasteiger partial charge in [0.1, 0.15) is 4.60 Å². The van der Waals surface area contributed by atoms with E-state index in [-0.39, 0.29) is 12.3 Å². The predicted molar refractivity (Wildman–Crippen MR) is 80.8 cm³/mol. The number of hydrogen-bond acceptors (Lipinski definition) is 3. The zero-order valence-electron chi connectivity index (χ0n) is 11.0.